The largest absolute Gasteiger partial charge is 0.490 e. The van der Waals surface area contributed by atoms with Gasteiger partial charge in [-0.1, -0.05) is 0 Å². The summed E-state index contributed by atoms with van der Waals surface area (Å²) in [7, 11) is 1.94. The number of nitrogens with one attached hydrogen (secondary N) is 1. The fourth-order valence-corrected chi connectivity index (χ4v) is 3.70. The number of aromatic nitrogens is 4. The van der Waals surface area contributed by atoms with Crippen LogP contribution >= 0.6 is 0 Å². The summed E-state index contributed by atoms with van der Waals surface area (Å²) < 4.78 is 47.4. The first-order chi connectivity index (χ1) is 16.8. The summed E-state index contributed by atoms with van der Waals surface area (Å²) >= 11 is 0. The van der Waals surface area contributed by atoms with E-state index in [0.29, 0.717) is 29.2 Å². The number of hydrogen-bond acceptors (Lipinski definition) is 6. The van der Waals surface area contributed by atoms with E-state index in [1.165, 1.54) is 30.7 Å². The Hall–Kier alpha value is -4.41. The lowest BCUT2D eigenvalue weighted by Gasteiger charge is -2.27. The molecule has 1 aliphatic heterocycles. The number of likely N-dealkylation sites (N-methyl/N-ethyl adjacent to an activating group) is 1. The maximum atomic E-state index is 13.7. The van der Waals surface area contributed by atoms with Crippen molar-refractivity contribution < 1.29 is 22.7 Å². The zero-order valence-electron chi connectivity index (χ0n) is 18.5. The molecule has 1 aliphatic rings. The standard InChI is InChI=1S/C24H19F3N6O2/c1-32-9-10-35-20-11-15(4-6-19(20)32)23(34)30-17-5-7-22(29-14-17)33-21(24(25,26)27)12-18(31-33)16-3-2-8-28-13-16/h2-8,11-14H,9-10H2,1H3,(H,30,34). The molecule has 0 atom stereocenters. The average molecular weight is 480 g/mol. The van der Waals surface area contributed by atoms with Crippen molar-refractivity contribution in [3.63, 3.8) is 0 Å². The SMILES string of the molecule is CN1CCOc2cc(C(=O)Nc3ccc(-n4nc(-c5cccnc5)cc4C(F)(F)F)nc3)ccc21. The molecular formula is C24H19F3N6O2. The van der Waals surface area contributed by atoms with Crippen LogP contribution in [0, 0.1) is 0 Å². The quantitative estimate of drug-likeness (QED) is 0.465. The second kappa shape index (κ2) is 8.75. The minimum absolute atomic E-state index is 0.0457. The maximum absolute atomic E-state index is 13.7. The molecule has 3 aromatic heterocycles. The van der Waals surface area contributed by atoms with Gasteiger partial charge in [0.1, 0.15) is 12.4 Å². The third-order valence-corrected chi connectivity index (χ3v) is 5.50. The number of ether oxygens (including phenoxy) is 1. The summed E-state index contributed by atoms with van der Waals surface area (Å²) in [5, 5.41) is 6.79. The number of rotatable bonds is 4. The molecule has 5 rings (SSSR count). The molecule has 178 valence electrons. The predicted molar refractivity (Wildman–Crippen MR) is 123 cm³/mol. The Morgan fingerprint density at radius 1 is 1.11 bits per heavy atom. The Morgan fingerprint density at radius 3 is 2.69 bits per heavy atom. The molecule has 4 heterocycles. The molecule has 35 heavy (non-hydrogen) atoms. The zero-order chi connectivity index (χ0) is 24.6. The third-order valence-electron chi connectivity index (χ3n) is 5.50. The van der Waals surface area contributed by atoms with E-state index < -0.39 is 17.8 Å². The van der Waals surface area contributed by atoms with Crippen molar-refractivity contribution in [1.82, 2.24) is 19.7 Å². The fourth-order valence-electron chi connectivity index (χ4n) is 3.70. The Labute approximate surface area is 198 Å². The van der Waals surface area contributed by atoms with Crippen molar-refractivity contribution in [3.8, 4) is 22.8 Å². The minimum Gasteiger partial charge on any atom is -0.490 e. The molecule has 1 aromatic carbocycles. The van der Waals surface area contributed by atoms with Crippen molar-refractivity contribution >= 4 is 17.3 Å². The van der Waals surface area contributed by atoms with Crippen LogP contribution in [0.5, 0.6) is 5.75 Å². The van der Waals surface area contributed by atoms with Crippen LogP contribution in [-0.2, 0) is 6.18 Å². The molecule has 4 aromatic rings. The van der Waals surface area contributed by atoms with E-state index in [2.05, 4.69) is 20.4 Å². The number of nitrogens with zero attached hydrogens (tertiary/aromatic N) is 5. The second-order valence-electron chi connectivity index (χ2n) is 7.88. The van der Waals surface area contributed by atoms with Crippen molar-refractivity contribution in [2.75, 3.05) is 30.4 Å². The molecule has 0 radical (unpaired) electrons. The number of halogens is 3. The average Bonchev–Trinajstić information content (AvgIpc) is 3.31. The molecule has 0 saturated heterocycles. The molecule has 1 amide bonds. The van der Waals surface area contributed by atoms with Gasteiger partial charge in [-0.3, -0.25) is 9.78 Å². The van der Waals surface area contributed by atoms with Crippen LogP contribution in [0.15, 0.2) is 67.1 Å². The summed E-state index contributed by atoms with van der Waals surface area (Å²) in [4.78, 5) is 22.8. The lowest BCUT2D eigenvalue weighted by molar-refractivity contribution is -0.142. The van der Waals surface area contributed by atoms with Crippen LogP contribution in [0.25, 0.3) is 17.1 Å². The summed E-state index contributed by atoms with van der Waals surface area (Å²) in [6, 6.07) is 12.1. The van der Waals surface area contributed by atoms with Gasteiger partial charge in [-0.25, -0.2) is 9.67 Å². The molecule has 0 aliphatic carbocycles. The normalized spacial score (nSPS) is 13.2. The molecular weight excluding hydrogens is 461 g/mol. The van der Waals surface area contributed by atoms with E-state index >= 15 is 0 Å². The van der Waals surface area contributed by atoms with Gasteiger partial charge in [0.2, 0.25) is 0 Å². The van der Waals surface area contributed by atoms with Gasteiger partial charge in [0, 0.05) is 30.6 Å². The van der Waals surface area contributed by atoms with Gasteiger partial charge < -0.3 is 15.0 Å². The lowest BCUT2D eigenvalue weighted by Crippen LogP contribution is -2.29. The number of pyridine rings is 2. The van der Waals surface area contributed by atoms with Crippen LogP contribution in [0.1, 0.15) is 16.1 Å². The van der Waals surface area contributed by atoms with E-state index in [-0.39, 0.29) is 11.5 Å². The molecule has 0 unspecified atom stereocenters. The van der Waals surface area contributed by atoms with E-state index in [4.69, 9.17) is 4.74 Å². The first kappa shape index (κ1) is 22.4. The lowest BCUT2D eigenvalue weighted by atomic mass is 10.1. The van der Waals surface area contributed by atoms with E-state index in [9.17, 15) is 18.0 Å². The van der Waals surface area contributed by atoms with Gasteiger partial charge in [0.05, 0.1) is 29.8 Å². The summed E-state index contributed by atoms with van der Waals surface area (Å²) in [5.74, 6) is 0.173. The number of amides is 1. The van der Waals surface area contributed by atoms with Crippen molar-refractivity contribution in [2.45, 2.75) is 6.18 Å². The maximum Gasteiger partial charge on any atom is 0.433 e. The number of benzene rings is 1. The summed E-state index contributed by atoms with van der Waals surface area (Å²) in [6.07, 6.45) is -0.413. The smallest absolute Gasteiger partial charge is 0.433 e. The van der Waals surface area contributed by atoms with Gasteiger partial charge >= 0.3 is 6.18 Å². The molecule has 0 fully saturated rings. The van der Waals surface area contributed by atoms with Gasteiger partial charge in [-0.2, -0.15) is 18.3 Å². The first-order valence-electron chi connectivity index (χ1n) is 10.6. The monoisotopic (exact) mass is 480 g/mol. The molecule has 0 bridgehead atoms. The van der Waals surface area contributed by atoms with Crippen LogP contribution in [0.3, 0.4) is 0 Å². The highest BCUT2D eigenvalue weighted by Crippen LogP contribution is 2.34. The predicted octanol–water partition coefficient (Wildman–Crippen LogP) is 4.43. The Bertz CT molecular complexity index is 1370. The first-order valence-corrected chi connectivity index (χ1v) is 10.6. The molecule has 0 saturated carbocycles. The van der Waals surface area contributed by atoms with Gasteiger partial charge in [0.15, 0.2) is 11.5 Å². The van der Waals surface area contributed by atoms with Crippen LogP contribution in [-0.4, -0.2) is 45.9 Å². The Morgan fingerprint density at radius 2 is 1.97 bits per heavy atom. The Kier molecular flexibility index (Phi) is 5.59. The third kappa shape index (κ3) is 4.52. The molecule has 1 N–H and O–H groups in total. The van der Waals surface area contributed by atoms with E-state index in [1.807, 2.05) is 11.9 Å². The summed E-state index contributed by atoms with van der Waals surface area (Å²) in [5.41, 5.74) is 1.19. The zero-order valence-corrected chi connectivity index (χ0v) is 18.5. The van der Waals surface area contributed by atoms with Gasteiger partial charge in [0.25, 0.3) is 5.91 Å². The number of anilines is 2. The number of carbonyl (C=O) groups excluding carboxylic acids is 1. The highest BCUT2D eigenvalue weighted by atomic mass is 19.4. The minimum atomic E-state index is -4.65. The number of fused-ring (bicyclic) bond motifs is 1. The molecule has 11 heteroatoms. The number of carbonyl (C=O) groups is 1. The second-order valence-corrected chi connectivity index (χ2v) is 7.88. The molecule has 8 nitrogen and oxygen atoms in total. The fraction of sp³-hybridized carbons (Fsp3) is 0.167. The number of alkyl halides is 3. The van der Waals surface area contributed by atoms with Crippen molar-refractivity contribution in [2.24, 2.45) is 0 Å². The van der Waals surface area contributed by atoms with Crippen molar-refractivity contribution in [3.05, 3.63) is 78.4 Å². The van der Waals surface area contributed by atoms with Crippen molar-refractivity contribution in [1.29, 1.82) is 0 Å². The summed E-state index contributed by atoms with van der Waals surface area (Å²) in [6.45, 7) is 1.28. The van der Waals surface area contributed by atoms with Crippen LogP contribution < -0.4 is 15.0 Å². The van der Waals surface area contributed by atoms with Crippen LogP contribution in [0.4, 0.5) is 24.5 Å². The van der Waals surface area contributed by atoms with E-state index in [1.54, 1.807) is 30.3 Å². The Balaban J connectivity index is 1.38. The van der Waals surface area contributed by atoms with Crippen LogP contribution in [0.2, 0.25) is 0 Å². The highest BCUT2D eigenvalue weighted by molar-refractivity contribution is 6.04. The highest BCUT2D eigenvalue weighted by Gasteiger charge is 2.37. The molecule has 0 spiro atoms. The van der Waals surface area contributed by atoms with E-state index in [0.717, 1.165) is 23.0 Å². The van der Waals surface area contributed by atoms with Gasteiger partial charge in [-0.15, -0.1) is 0 Å². The topological polar surface area (TPSA) is 85.2 Å². The number of hydrogen-bond donors (Lipinski definition) is 1. The van der Waals surface area contributed by atoms with Gasteiger partial charge in [-0.05, 0) is 48.5 Å².